The Hall–Kier alpha value is -3.43. The van der Waals surface area contributed by atoms with E-state index in [0.29, 0.717) is 17.6 Å². The van der Waals surface area contributed by atoms with E-state index >= 15 is 0 Å². The van der Waals surface area contributed by atoms with Crippen molar-refractivity contribution in [2.45, 2.75) is 98.2 Å². The van der Waals surface area contributed by atoms with Gasteiger partial charge in [-0.05, 0) is 76.9 Å². The number of carbonyl (C=O) groups is 2. The number of hydrogen-bond donors (Lipinski definition) is 0. The molecule has 2 aliphatic heterocycles. The van der Waals surface area contributed by atoms with Crippen LogP contribution in [0.25, 0.3) is 0 Å². The van der Waals surface area contributed by atoms with Crippen LogP contribution in [0.2, 0.25) is 0 Å². The van der Waals surface area contributed by atoms with Crippen LogP contribution < -0.4 is 4.90 Å². The molecule has 0 saturated carbocycles. The summed E-state index contributed by atoms with van der Waals surface area (Å²) in [6, 6.07) is 13.5. The van der Waals surface area contributed by atoms with Crippen LogP contribution >= 0.6 is 0 Å². The van der Waals surface area contributed by atoms with E-state index in [9.17, 15) is 9.59 Å². The van der Waals surface area contributed by atoms with Gasteiger partial charge in [0, 0.05) is 63.2 Å². The minimum absolute atomic E-state index is 0.106. The summed E-state index contributed by atoms with van der Waals surface area (Å²) in [4.78, 5) is 38.9. The largest absolute Gasteiger partial charge is 0.463 e. The number of benzene rings is 1. The number of anilines is 1. The zero-order valence-corrected chi connectivity index (χ0v) is 28.2. The lowest BCUT2D eigenvalue weighted by molar-refractivity contribution is -0.146. The molecule has 246 valence electrons. The van der Waals surface area contributed by atoms with Crippen molar-refractivity contribution in [2.75, 3.05) is 44.2 Å². The quantitative estimate of drug-likeness (QED) is 0.240. The van der Waals surface area contributed by atoms with Gasteiger partial charge in [-0.1, -0.05) is 44.7 Å². The first-order valence-corrected chi connectivity index (χ1v) is 16.7. The van der Waals surface area contributed by atoms with Crippen molar-refractivity contribution in [3.8, 4) is 0 Å². The van der Waals surface area contributed by atoms with E-state index in [0.717, 1.165) is 76.7 Å². The molecule has 0 amide bonds. The van der Waals surface area contributed by atoms with Crippen LogP contribution in [-0.4, -0.2) is 95.2 Å². The van der Waals surface area contributed by atoms with Crippen LogP contribution in [0.1, 0.15) is 82.3 Å². The zero-order chi connectivity index (χ0) is 32.5. The van der Waals surface area contributed by atoms with E-state index in [4.69, 9.17) is 9.47 Å². The molecule has 3 heterocycles. The van der Waals surface area contributed by atoms with Crippen molar-refractivity contribution in [3.05, 3.63) is 71.6 Å². The molecule has 0 bridgehead atoms. The lowest BCUT2D eigenvalue weighted by atomic mass is 10.1. The topological polar surface area (TPSA) is 78.5 Å². The molecule has 0 spiro atoms. The highest BCUT2D eigenvalue weighted by Crippen LogP contribution is 2.27. The highest BCUT2D eigenvalue weighted by Gasteiger charge is 2.31. The van der Waals surface area contributed by atoms with E-state index in [-0.39, 0.29) is 30.6 Å². The fraction of sp³-hybridized carbons (Fsp3) is 0.583. The number of carbonyl (C=O) groups excluding carboxylic acids is 2. The third-order valence-electron chi connectivity index (χ3n) is 8.78. The van der Waals surface area contributed by atoms with Crippen molar-refractivity contribution < 1.29 is 19.1 Å². The van der Waals surface area contributed by atoms with Gasteiger partial charge in [0.15, 0.2) is 0 Å². The first-order chi connectivity index (χ1) is 21.6. The summed E-state index contributed by atoms with van der Waals surface area (Å²) in [6.45, 7) is 23.3. The molecule has 1 aromatic heterocycles. The second-order valence-corrected chi connectivity index (χ2v) is 12.8. The molecular weight excluding hydrogens is 566 g/mol. The van der Waals surface area contributed by atoms with E-state index in [1.165, 1.54) is 11.1 Å². The molecule has 0 aliphatic carbocycles. The summed E-state index contributed by atoms with van der Waals surface area (Å²) in [5.74, 6) is 0.198. The molecule has 0 N–H and O–H groups in total. The summed E-state index contributed by atoms with van der Waals surface area (Å²) in [6.07, 6.45) is 3.81. The molecular formula is C36H53N5O4. The van der Waals surface area contributed by atoms with Crippen LogP contribution in [0.4, 0.5) is 5.82 Å². The minimum atomic E-state index is -0.315. The van der Waals surface area contributed by atoms with Gasteiger partial charge in [0.2, 0.25) is 0 Å². The maximum absolute atomic E-state index is 12.7. The van der Waals surface area contributed by atoms with Crippen LogP contribution in [0.5, 0.6) is 0 Å². The van der Waals surface area contributed by atoms with Gasteiger partial charge in [0.1, 0.15) is 11.4 Å². The van der Waals surface area contributed by atoms with Crippen molar-refractivity contribution in [1.29, 1.82) is 0 Å². The standard InChI is InChI=1S/C36H53N5O4/c1-8-38(31-16-19-40(24-31)28(7)21-34(42)44-26(3)4)22-29-12-14-30(15-13-29)23-39(9-2)32-17-20-41(25-32)35-33(11-10-18-37-35)36(43)45-27(5)6/h10-15,18,26-27,31-32H,7-9,16-17,19-25H2,1-6H3/t31-,32-/m1/s1. The molecule has 2 aliphatic rings. The average molecular weight is 620 g/mol. The first kappa shape index (κ1) is 34.4. The Morgan fingerprint density at radius 3 is 2.04 bits per heavy atom. The number of esters is 2. The number of likely N-dealkylation sites (tertiary alicyclic amines) is 1. The first-order valence-electron chi connectivity index (χ1n) is 16.7. The van der Waals surface area contributed by atoms with Gasteiger partial charge in [-0.3, -0.25) is 14.6 Å². The monoisotopic (exact) mass is 619 g/mol. The molecule has 1 aromatic carbocycles. The number of likely N-dealkylation sites (N-methyl/N-ethyl adjacent to an activating group) is 2. The molecule has 2 saturated heterocycles. The van der Waals surface area contributed by atoms with E-state index < -0.39 is 0 Å². The molecule has 9 heteroatoms. The molecule has 2 atom stereocenters. The number of hydrogen-bond acceptors (Lipinski definition) is 9. The highest BCUT2D eigenvalue weighted by atomic mass is 16.5. The Labute approximate surface area is 270 Å². The number of aromatic nitrogens is 1. The number of rotatable bonds is 15. The highest BCUT2D eigenvalue weighted by molar-refractivity contribution is 5.95. The number of nitrogens with zero attached hydrogens (tertiary/aromatic N) is 5. The van der Waals surface area contributed by atoms with E-state index in [1.54, 1.807) is 12.3 Å². The molecule has 2 fully saturated rings. The van der Waals surface area contributed by atoms with Gasteiger partial charge in [0.05, 0.1) is 18.6 Å². The number of pyridine rings is 1. The van der Waals surface area contributed by atoms with Gasteiger partial charge in [-0.25, -0.2) is 9.78 Å². The molecule has 0 unspecified atom stereocenters. The third kappa shape index (κ3) is 9.53. The Bertz CT molecular complexity index is 1280. The van der Waals surface area contributed by atoms with E-state index in [2.05, 4.69) is 69.3 Å². The van der Waals surface area contributed by atoms with Crippen molar-refractivity contribution in [3.63, 3.8) is 0 Å². The van der Waals surface area contributed by atoms with Gasteiger partial charge in [0.25, 0.3) is 0 Å². The molecule has 9 nitrogen and oxygen atoms in total. The minimum Gasteiger partial charge on any atom is -0.463 e. The van der Waals surface area contributed by atoms with Crippen LogP contribution in [-0.2, 0) is 27.4 Å². The van der Waals surface area contributed by atoms with E-state index in [1.807, 2.05) is 33.8 Å². The zero-order valence-electron chi connectivity index (χ0n) is 28.2. The average Bonchev–Trinajstić information content (AvgIpc) is 3.69. The van der Waals surface area contributed by atoms with Gasteiger partial charge in [-0.15, -0.1) is 0 Å². The molecule has 4 rings (SSSR count). The normalized spacial score (nSPS) is 18.4. The summed E-state index contributed by atoms with van der Waals surface area (Å²) in [5, 5.41) is 0. The molecule has 45 heavy (non-hydrogen) atoms. The maximum Gasteiger partial charge on any atom is 0.342 e. The van der Waals surface area contributed by atoms with Crippen LogP contribution in [0, 0.1) is 0 Å². The Morgan fingerprint density at radius 1 is 0.889 bits per heavy atom. The Balaban J connectivity index is 1.30. The molecule has 0 radical (unpaired) electrons. The lowest BCUT2D eigenvalue weighted by Gasteiger charge is -2.29. The predicted molar refractivity (Wildman–Crippen MR) is 179 cm³/mol. The van der Waals surface area contributed by atoms with Crippen molar-refractivity contribution in [2.24, 2.45) is 0 Å². The third-order valence-corrected chi connectivity index (χ3v) is 8.78. The van der Waals surface area contributed by atoms with Gasteiger partial charge < -0.3 is 19.3 Å². The Morgan fingerprint density at radius 2 is 1.47 bits per heavy atom. The summed E-state index contributed by atoms with van der Waals surface area (Å²) >= 11 is 0. The Kier molecular flexibility index (Phi) is 12.4. The summed E-state index contributed by atoms with van der Waals surface area (Å²) in [7, 11) is 0. The fourth-order valence-electron chi connectivity index (χ4n) is 6.45. The van der Waals surface area contributed by atoms with Gasteiger partial charge in [-0.2, -0.15) is 0 Å². The van der Waals surface area contributed by atoms with Crippen LogP contribution in [0.15, 0.2) is 54.9 Å². The molecule has 2 aromatic rings. The SMILES string of the molecule is C=C(CC(=O)OC(C)C)N1CC[C@@H](N(CC)Cc2ccc(CN(CC)[C@@H]3CCN(c4ncccc4C(=O)OC(C)C)C3)cc2)C1. The summed E-state index contributed by atoms with van der Waals surface area (Å²) in [5.41, 5.74) is 4.00. The second kappa shape index (κ2) is 16.2. The number of ether oxygens (including phenoxy) is 2. The second-order valence-electron chi connectivity index (χ2n) is 12.8. The predicted octanol–water partition coefficient (Wildman–Crippen LogP) is 5.50. The smallest absolute Gasteiger partial charge is 0.342 e. The lowest BCUT2D eigenvalue weighted by Crippen LogP contribution is -2.37. The van der Waals surface area contributed by atoms with Gasteiger partial charge >= 0.3 is 11.9 Å². The maximum atomic E-state index is 12.7. The van der Waals surface area contributed by atoms with Crippen LogP contribution in [0.3, 0.4) is 0 Å². The van der Waals surface area contributed by atoms with Crippen molar-refractivity contribution in [1.82, 2.24) is 19.7 Å². The van der Waals surface area contributed by atoms with Crippen molar-refractivity contribution >= 4 is 17.8 Å². The summed E-state index contributed by atoms with van der Waals surface area (Å²) < 4.78 is 10.8. The fourth-order valence-corrected chi connectivity index (χ4v) is 6.45.